The highest BCUT2D eigenvalue weighted by Gasteiger charge is 2.20. The second kappa shape index (κ2) is 5.27. The number of nitrogens with zero attached hydrogens (tertiary/aromatic N) is 4. The lowest BCUT2D eigenvalue weighted by atomic mass is 10.1. The Bertz CT molecular complexity index is 550. The molecule has 0 bridgehead atoms. The van der Waals surface area contributed by atoms with Gasteiger partial charge in [-0.25, -0.2) is 15.0 Å². The summed E-state index contributed by atoms with van der Waals surface area (Å²) in [5, 5.41) is 6.50. The summed E-state index contributed by atoms with van der Waals surface area (Å²) in [5.74, 6) is 2.77. The number of hydrogen-bond donors (Lipinski definition) is 2. The summed E-state index contributed by atoms with van der Waals surface area (Å²) in [7, 11) is 0. The predicted octanol–water partition coefficient (Wildman–Crippen LogP) is 1.40. The topological polar surface area (TPSA) is 75.6 Å². The van der Waals surface area contributed by atoms with Gasteiger partial charge >= 0.3 is 0 Å². The van der Waals surface area contributed by atoms with Crippen LogP contribution in [0.15, 0.2) is 24.7 Å². The molecular formula is C13H16N6. The van der Waals surface area contributed by atoms with E-state index in [1.165, 1.54) is 0 Å². The molecule has 2 aromatic heterocycles. The minimum absolute atomic E-state index is 0.405. The highest BCUT2D eigenvalue weighted by atomic mass is 15.1. The van der Waals surface area contributed by atoms with Gasteiger partial charge in [-0.2, -0.15) is 0 Å². The van der Waals surface area contributed by atoms with Crippen molar-refractivity contribution in [2.45, 2.75) is 19.3 Å². The predicted molar refractivity (Wildman–Crippen MR) is 72.3 cm³/mol. The van der Waals surface area contributed by atoms with E-state index in [-0.39, 0.29) is 0 Å². The molecule has 98 valence electrons. The molecule has 1 aliphatic rings. The van der Waals surface area contributed by atoms with Crippen molar-refractivity contribution in [1.29, 1.82) is 0 Å². The summed E-state index contributed by atoms with van der Waals surface area (Å²) in [5.41, 5.74) is 0.961. The third-order valence-corrected chi connectivity index (χ3v) is 3.12. The van der Waals surface area contributed by atoms with Crippen LogP contribution in [0.4, 0.5) is 11.6 Å². The highest BCUT2D eigenvalue weighted by molar-refractivity contribution is 5.50. The Morgan fingerprint density at radius 1 is 1.26 bits per heavy atom. The first-order chi connectivity index (χ1) is 9.31. The van der Waals surface area contributed by atoms with Crippen LogP contribution in [0.2, 0.25) is 0 Å². The molecule has 0 aromatic carbocycles. The molecule has 0 spiro atoms. The molecule has 19 heavy (non-hydrogen) atoms. The van der Waals surface area contributed by atoms with E-state index < -0.39 is 0 Å². The molecule has 6 heteroatoms. The zero-order chi connectivity index (χ0) is 13.1. The van der Waals surface area contributed by atoms with Crippen LogP contribution in [0.3, 0.4) is 0 Å². The molecule has 0 radical (unpaired) electrons. The van der Waals surface area contributed by atoms with Crippen LogP contribution >= 0.6 is 0 Å². The van der Waals surface area contributed by atoms with Gasteiger partial charge in [0.05, 0.1) is 6.20 Å². The summed E-state index contributed by atoms with van der Waals surface area (Å²) >= 11 is 0. The Labute approximate surface area is 111 Å². The van der Waals surface area contributed by atoms with Crippen molar-refractivity contribution < 1.29 is 0 Å². The second-order valence-corrected chi connectivity index (χ2v) is 4.66. The number of nitrogens with one attached hydrogen (secondary N) is 2. The van der Waals surface area contributed by atoms with Crippen LogP contribution in [0.25, 0.3) is 0 Å². The fraction of sp³-hybridized carbons (Fsp3) is 0.385. The van der Waals surface area contributed by atoms with Crippen LogP contribution in [-0.4, -0.2) is 33.0 Å². The Morgan fingerprint density at radius 2 is 2.21 bits per heavy atom. The van der Waals surface area contributed by atoms with E-state index in [0.717, 1.165) is 36.8 Å². The van der Waals surface area contributed by atoms with Gasteiger partial charge in [-0.05, 0) is 19.9 Å². The maximum Gasteiger partial charge on any atom is 0.150 e. The first-order valence-electron chi connectivity index (χ1n) is 6.40. The summed E-state index contributed by atoms with van der Waals surface area (Å²) in [4.78, 5) is 17.3. The molecule has 0 aliphatic carbocycles. The molecule has 0 unspecified atom stereocenters. The van der Waals surface area contributed by atoms with Crippen LogP contribution in [0.5, 0.6) is 0 Å². The Kier molecular flexibility index (Phi) is 3.33. The molecule has 1 saturated heterocycles. The summed E-state index contributed by atoms with van der Waals surface area (Å²) in [6.45, 7) is 3.97. The zero-order valence-corrected chi connectivity index (χ0v) is 10.8. The van der Waals surface area contributed by atoms with Gasteiger partial charge in [-0.3, -0.25) is 4.98 Å². The van der Waals surface area contributed by atoms with E-state index in [2.05, 4.69) is 30.6 Å². The van der Waals surface area contributed by atoms with Gasteiger partial charge in [0.25, 0.3) is 0 Å². The fourth-order valence-electron chi connectivity index (χ4n) is 2.21. The average molecular weight is 256 g/mol. The molecule has 6 nitrogen and oxygen atoms in total. The second-order valence-electron chi connectivity index (χ2n) is 4.66. The van der Waals surface area contributed by atoms with E-state index >= 15 is 0 Å². The Hall–Kier alpha value is -2.08. The van der Waals surface area contributed by atoms with Crippen molar-refractivity contribution in [3.05, 3.63) is 36.2 Å². The molecular weight excluding hydrogens is 240 g/mol. The molecule has 2 aromatic rings. The van der Waals surface area contributed by atoms with Crippen molar-refractivity contribution >= 4 is 11.6 Å². The quantitative estimate of drug-likeness (QED) is 0.864. The van der Waals surface area contributed by atoms with Crippen molar-refractivity contribution in [2.75, 3.05) is 18.4 Å². The van der Waals surface area contributed by atoms with Gasteiger partial charge in [-0.15, -0.1) is 0 Å². The molecule has 0 amide bonds. The van der Waals surface area contributed by atoms with E-state index in [1.807, 2.05) is 13.0 Å². The number of aromatic nitrogens is 4. The SMILES string of the molecule is Cc1cc(Nc2cnccn2)nc([C@H]2CCNC2)n1. The summed E-state index contributed by atoms with van der Waals surface area (Å²) in [6, 6.07) is 1.92. The monoisotopic (exact) mass is 256 g/mol. The first kappa shape index (κ1) is 12.0. The number of aryl methyl sites for hydroxylation is 1. The smallest absolute Gasteiger partial charge is 0.150 e. The maximum atomic E-state index is 4.58. The third kappa shape index (κ3) is 2.85. The van der Waals surface area contributed by atoms with E-state index in [9.17, 15) is 0 Å². The van der Waals surface area contributed by atoms with E-state index in [4.69, 9.17) is 0 Å². The van der Waals surface area contributed by atoms with E-state index in [1.54, 1.807) is 18.6 Å². The van der Waals surface area contributed by atoms with Crippen molar-refractivity contribution in [3.8, 4) is 0 Å². The zero-order valence-electron chi connectivity index (χ0n) is 10.8. The van der Waals surface area contributed by atoms with Crippen molar-refractivity contribution in [2.24, 2.45) is 0 Å². The molecule has 3 heterocycles. The summed E-state index contributed by atoms with van der Waals surface area (Å²) in [6.07, 6.45) is 6.06. The van der Waals surface area contributed by atoms with Gasteiger partial charge in [0, 0.05) is 36.6 Å². The maximum absolute atomic E-state index is 4.58. The largest absolute Gasteiger partial charge is 0.324 e. The number of hydrogen-bond acceptors (Lipinski definition) is 6. The number of rotatable bonds is 3. The lowest BCUT2D eigenvalue weighted by Crippen LogP contribution is -2.11. The normalized spacial score (nSPS) is 18.5. The third-order valence-electron chi connectivity index (χ3n) is 3.12. The van der Waals surface area contributed by atoms with Crippen molar-refractivity contribution in [1.82, 2.24) is 25.3 Å². The Morgan fingerprint density at radius 3 is 2.95 bits per heavy atom. The first-order valence-corrected chi connectivity index (χ1v) is 6.40. The van der Waals surface area contributed by atoms with Gasteiger partial charge < -0.3 is 10.6 Å². The molecule has 0 saturated carbocycles. The van der Waals surface area contributed by atoms with Crippen molar-refractivity contribution in [3.63, 3.8) is 0 Å². The molecule has 1 atom stereocenters. The van der Waals surface area contributed by atoms with Gasteiger partial charge in [-0.1, -0.05) is 0 Å². The molecule has 2 N–H and O–H groups in total. The fourth-order valence-corrected chi connectivity index (χ4v) is 2.21. The van der Waals surface area contributed by atoms with Crippen LogP contribution in [-0.2, 0) is 0 Å². The van der Waals surface area contributed by atoms with Gasteiger partial charge in [0.15, 0.2) is 0 Å². The highest BCUT2D eigenvalue weighted by Crippen LogP contribution is 2.21. The Balaban J connectivity index is 1.85. The van der Waals surface area contributed by atoms with E-state index in [0.29, 0.717) is 11.7 Å². The lowest BCUT2D eigenvalue weighted by Gasteiger charge is -2.11. The minimum Gasteiger partial charge on any atom is -0.324 e. The number of anilines is 2. The molecule has 1 fully saturated rings. The average Bonchev–Trinajstić information content (AvgIpc) is 2.93. The summed E-state index contributed by atoms with van der Waals surface area (Å²) < 4.78 is 0. The van der Waals surface area contributed by atoms with Crippen LogP contribution in [0.1, 0.15) is 23.9 Å². The van der Waals surface area contributed by atoms with Crippen LogP contribution in [0, 0.1) is 6.92 Å². The molecule has 3 rings (SSSR count). The minimum atomic E-state index is 0.405. The molecule has 1 aliphatic heterocycles. The lowest BCUT2D eigenvalue weighted by molar-refractivity contribution is 0.698. The standard InChI is InChI=1S/C13H16N6/c1-9-6-11(18-12-8-15-4-5-16-12)19-13(17-9)10-2-3-14-7-10/h4-6,8,10,14H,2-3,7H2,1H3,(H,16,17,18,19)/t10-/m0/s1. The van der Waals surface area contributed by atoms with Crippen LogP contribution < -0.4 is 10.6 Å². The van der Waals surface area contributed by atoms with Gasteiger partial charge in [0.1, 0.15) is 17.5 Å². The van der Waals surface area contributed by atoms with Gasteiger partial charge in [0.2, 0.25) is 0 Å².